The van der Waals surface area contributed by atoms with Gasteiger partial charge in [0.25, 0.3) is 0 Å². The van der Waals surface area contributed by atoms with E-state index in [0.29, 0.717) is 0 Å². The molecule has 1 aliphatic carbocycles. The van der Waals surface area contributed by atoms with E-state index in [1.807, 2.05) is 12.1 Å². The van der Waals surface area contributed by atoms with E-state index in [2.05, 4.69) is 33.1 Å². The Morgan fingerprint density at radius 3 is 2.46 bits per heavy atom. The van der Waals surface area contributed by atoms with Gasteiger partial charge in [0.15, 0.2) is 0 Å². The van der Waals surface area contributed by atoms with Crippen molar-refractivity contribution in [2.45, 2.75) is 38.5 Å². The monoisotopic (exact) mass is 583 g/mol. The standard InChI is InChI=1S/C21H27ClN3.Ac/c22-18-7-9-19(10-8-18)25-14-12-24(13-15-25)11-3-4-17-16-23-21-6-2-1-5-20(17)21;/h7-10,16H,1-6,11-15H2;/q-1;. The zero-order valence-electron chi connectivity index (χ0n) is 15.5. The number of nitrogens with zero attached hydrogens (tertiary/aromatic N) is 3. The van der Waals surface area contributed by atoms with Crippen LogP contribution in [0.2, 0.25) is 5.02 Å². The summed E-state index contributed by atoms with van der Waals surface area (Å²) < 4.78 is 0. The number of aromatic nitrogens is 1. The first-order valence-electron chi connectivity index (χ1n) is 9.65. The molecule has 0 bridgehead atoms. The molecule has 26 heavy (non-hydrogen) atoms. The predicted molar refractivity (Wildman–Crippen MR) is 105 cm³/mol. The smallest absolute Gasteiger partial charge is 0.0407 e. The molecule has 0 N–H and O–H groups in total. The van der Waals surface area contributed by atoms with Crippen LogP contribution in [0.15, 0.2) is 30.5 Å². The summed E-state index contributed by atoms with van der Waals surface area (Å²) in [6.07, 6.45) is 9.71. The predicted octanol–water partition coefficient (Wildman–Crippen LogP) is 3.93. The second-order valence-corrected chi connectivity index (χ2v) is 7.76. The van der Waals surface area contributed by atoms with Crippen LogP contribution in [0.3, 0.4) is 0 Å². The van der Waals surface area contributed by atoms with Crippen LogP contribution in [-0.2, 0) is 19.3 Å². The number of hydrogen-bond donors (Lipinski definition) is 0. The van der Waals surface area contributed by atoms with E-state index in [-0.39, 0.29) is 44.1 Å². The van der Waals surface area contributed by atoms with Gasteiger partial charge in [-0.3, -0.25) is 4.90 Å². The molecule has 1 aromatic heterocycles. The summed E-state index contributed by atoms with van der Waals surface area (Å²) in [7, 11) is 0. The molecule has 1 fully saturated rings. The first-order chi connectivity index (χ1) is 12.3. The molecule has 0 spiro atoms. The van der Waals surface area contributed by atoms with Gasteiger partial charge in [0.05, 0.1) is 0 Å². The molecule has 1 aromatic carbocycles. The number of aryl methyl sites for hydroxylation is 2. The van der Waals surface area contributed by atoms with Crippen LogP contribution in [0.25, 0.3) is 0 Å². The first kappa shape index (κ1) is 20.7. The van der Waals surface area contributed by atoms with Gasteiger partial charge in [-0.05, 0) is 62.9 Å². The number of rotatable bonds is 5. The van der Waals surface area contributed by atoms with Crippen molar-refractivity contribution < 1.29 is 44.1 Å². The van der Waals surface area contributed by atoms with Gasteiger partial charge in [-0.2, -0.15) is 11.9 Å². The minimum Gasteiger partial charge on any atom is -0.667 e. The van der Waals surface area contributed by atoms with Gasteiger partial charge < -0.3 is 9.88 Å². The van der Waals surface area contributed by atoms with Crippen LogP contribution in [-0.4, -0.2) is 37.6 Å². The zero-order chi connectivity index (χ0) is 17.1. The molecule has 1 saturated heterocycles. The molecule has 0 unspecified atom stereocenters. The van der Waals surface area contributed by atoms with Crippen LogP contribution in [0, 0.1) is 44.1 Å². The molecule has 0 amide bonds. The normalized spacial score (nSPS) is 17.7. The first-order valence-corrected chi connectivity index (χ1v) is 10.0. The summed E-state index contributed by atoms with van der Waals surface area (Å²) in [5.74, 6) is 0. The third-order valence-corrected chi connectivity index (χ3v) is 5.94. The molecule has 5 heteroatoms. The summed E-state index contributed by atoms with van der Waals surface area (Å²) in [5.41, 5.74) is 5.78. The second-order valence-electron chi connectivity index (χ2n) is 7.32. The largest absolute Gasteiger partial charge is 0.667 e. The van der Waals surface area contributed by atoms with Crippen molar-refractivity contribution in [2.24, 2.45) is 0 Å². The average Bonchev–Trinajstić information content (AvgIpc) is 3.06. The maximum atomic E-state index is 5.99. The molecule has 0 saturated carbocycles. The second kappa shape index (κ2) is 9.97. The van der Waals surface area contributed by atoms with Gasteiger partial charge >= 0.3 is 0 Å². The number of benzene rings is 1. The molecule has 1 aliphatic heterocycles. The molecule has 2 aromatic rings. The third kappa shape index (κ3) is 5.07. The van der Waals surface area contributed by atoms with Gasteiger partial charge in [-0.15, -0.1) is 0 Å². The summed E-state index contributed by atoms with van der Waals surface area (Å²) >= 11 is 5.99. The van der Waals surface area contributed by atoms with Crippen LogP contribution in [0.1, 0.15) is 36.1 Å². The van der Waals surface area contributed by atoms with Crippen LogP contribution < -0.4 is 9.88 Å². The van der Waals surface area contributed by atoms with Gasteiger partial charge in [0.2, 0.25) is 0 Å². The average molecular weight is 584 g/mol. The van der Waals surface area contributed by atoms with Gasteiger partial charge in [0, 0.05) is 81.0 Å². The molecule has 4 rings (SSSR count). The fraction of sp³-hybridized carbons (Fsp3) is 0.524. The quantitative estimate of drug-likeness (QED) is 0.532. The fourth-order valence-corrected chi connectivity index (χ4v) is 4.33. The number of anilines is 1. The van der Waals surface area contributed by atoms with E-state index < -0.39 is 0 Å². The SMILES string of the molecule is Clc1ccc(N2CCN(CCCc3c[n-]c4c3CCCC4)CC2)cc1.[Ac]. The Morgan fingerprint density at radius 2 is 1.69 bits per heavy atom. The van der Waals surface area contributed by atoms with Crippen molar-refractivity contribution in [1.29, 1.82) is 0 Å². The van der Waals surface area contributed by atoms with E-state index in [1.165, 1.54) is 62.0 Å². The Bertz CT molecular complexity index is 690. The number of piperazine rings is 1. The molecule has 2 aliphatic rings. The molecule has 1 radical (unpaired) electrons. The minimum atomic E-state index is 0. The van der Waals surface area contributed by atoms with Gasteiger partial charge in [-0.1, -0.05) is 29.1 Å². The van der Waals surface area contributed by atoms with Crippen molar-refractivity contribution in [3.63, 3.8) is 0 Å². The van der Waals surface area contributed by atoms with Crippen molar-refractivity contribution in [2.75, 3.05) is 37.6 Å². The van der Waals surface area contributed by atoms with Gasteiger partial charge in [0.1, 0.15) is 0 Å². The summed E-state index contributed by atoms with van der Waals surface area (Å²) in [6, 6.07) is 8.22. The summed E-state index contributed by atoms with van der Waals surface area (Å²) in [4.78, 5) is 9.71. The molecule has 3 nitrogen and oxygen atoms in total. The number of fused-ring (bicyclic) bond motifs is 1. The maximum Gasteiger partial charge on any atom is 0.0407 e. The van der Waals surface area contributed by atoms with Crippen molar-refractivity contribution in [1.82, 2.24) is 9.88 Å². The minimum absolute atomic E-state index is 0. The van der Waals surface area contributed by atoms with Crippen molar-refractivity contribution in [3.05, 3.63) is 52.3 Å². The Morgan fingerprint density at radius 1 is 0.962 bits per heavy atom. The van der Waals surface area contributed by atoms with Crippen LogP contribution >= 0.6 is 11.6 Å². The van der Waals surface area contributed by atoms with E-state index in [4.69, 9.17) is 11.6 Å². The summed E-state index contributed by atoms with van der Waals surface area (Å²) in [5, 5.41) is 0.812. The molecular formula is C21H27AcClN3-. The van der Waals surface area contributed by atoms with E-state index in [1.54, 1.807) is 5.56 Å². The summed E-state index contributed by atoms with van der Waals surface area (Å²) in [6.45, 7) is 5.72. The fourth-order valence-electron chi connectivity index (χ4n) is 4.20. The number of hydrogen-bond acceptors (Lipinski definition) is 2. The zero-order valence-corrected chi connectivity index (χ0v) is 21.0. The van der Waals surface area contributed by atoms with E-state index in [9.17, 15) is 0 Å². The van der Waals surface area contributed by atoms with Gasteiger partial charge in [-0.25, -0.2) is 0 Å². The Kier molecular flexibility index (Phi) is 7.94. The van der Waals surface area contributed by atoms with Crippen molar-refractivity contribution >= 4 is 17.3 Å². The van der Waals surface area contributed by atoms with Crippen molar-refractivity contribution in [3.8, 4) is 0 Å². The number of halogens is 1. The molecular weight excluding hydrogens is 557 g/mol. The topological polar surface area (TPSA) is 20.6 Å². The molecule has 0 atom stereocenters. The molecule has 137 valence electrons. The Balaban J connectivity index is 0.00000196. The third-order valence-electron chi connectivity index (χ3n) is 5.69. The van der Waals surface area contributed by atoms with E-state index in [0.717, 1.165) is 31.2 Å². The Labute approximate surface area is 198 Å². The van der Waals surface area contributed by atoms with Crippen LogP contribution in [0.5, 0.6) is 0 Å². The maximum absolute atomic E-state index is 5.99. The van der Waals surface area contributed by atoms with Crippen LogP contribution in [0.4, 0.5) is 5.69 Å². The molecule has 2 heterocycles. The van der Waals surface area contributed by atoms with E-state index >= 15 is 0 Å². The Hall–Kier alpha value is -0.00844.